The van der Waals surface area contributed by atoms with Crippen molar-refractivity contribution in [1.82, 2.24) is 10.6 Å². The monoisotopic (exact) mass is 266 g/mol. The molecule has 1 amide bonds. The third-order valence-electron chi connectivity index (χ3n) is 3.99. The summed E-state index contributed by atoms with van der Waals surface area (Å²) >= 11 is 0. The number of carbonyl (C=O) groups is 1. The average molecular weight is 266 g/mol. The Morgan fingerprint density at radius 3 is 2.47 bits per heavy atom. The van der Waals surface area contributed by atoms with E-state index in [-0.39, 0.29) is 17.5 Å². The number of nitrogens with one attached hydrogen (secondary N) is 2. The smallest absolute Gasteiger partial charge is 0.251 e. The molecule has 0 aromatic heterocycles. The summed E-state index contributed by atoms with van der Waals surface area (Å²) in [5, 5.41) is 6.40. The minimum absolute atomic E-state index is 0.124. The Balaban J connectivity index is 1.66. The molecule has 2 N–H and O–H groups in total. The maximum atomic E-state index is 13.1. The molecule has 19 heavy (non-hydrogen) atoms. The molecule has 2 bridgehead atoms. The van der Waals surface area contributed by atoms with Gasteiger partial charge >= 0.3 is 0 Å². The second-order valence-corrected chi connectivity index (χ2v) is 5.41. The van der Waals surface area contributed by atoms with E-state index in [0.29, 0.717) is 12.1 Å². The van der Waals surface area contributed by atoms with E-state index < -0.39 is 11.6 Å². The third-order valence-corrected chi connectivity index (χ3v) is 3.99. The van der Waals surface area contributed by atoms with Crippen molar-refractivity contribution in [1.29, 1.82) is 0 Å². The zero-order chi connectivity index (χ0) is 13.4. The predicted octanol–water partition coefficient (Wildman–Crippen LogP) is 1.98. The van der Waals surface area contributed by atoms with E-state index >= 15 is 0 Å². The van der Waals surface area contributed by atoms with Gasteiger partial charge in [-0.2, -0.15) is 0 Å². The van der Waals surface area contributed by atoms with E-state index in [4.69, 9.17) is 0 Å². The lowest BCUT2D eigenvalue weighted by Gasteiger charge is -2.29. The molecular weight excluding hydrogens is 250 g/mol. The van der Waals surface area contributed by atoms with Crippen molar-refractivity contribution in [2.45, 2.75) is 43.8 Å². The molecule has 2 aliphatic rings. The summed E-state index contributed by atoms with van der Waals surface area (Å²) in [6.07, 6.45) is 4.13. The lowest BCUT2D eigenvalue weighted by atomic mass is 9.99. The van der Waals surface area contributed by atoms with Gasteiger partial charge in [0, 0.05) is 23.7 Å². The first kappa shape index (κ1) is 12.5. The molecule has 0 spiro atoms. The number of benzene rings is 1. The van der Waals surface area contributed by atoms with Gasteiger partial charge in [0.25, 0.3) is 5.91 Å². The Hall–Kier alpha value is -1.49. The van der Waals surface area contributed by atoms with Crippen LogP contribution >= 0.6 is 0 Å². The van der Waals surface area contributed by atoms with Crippen LogP contribution in [0.3, 0.4) is 0 Å². The van der Waals surface area contributed by atoms with Crippen LogP contribution in [0.5, 0.6) is 0 Å². The minimum Gasteiger partial charge on any atom is -0.349 e. The first-order chi connectivity index (χ1) is 9.11. The van der Waals surface area contributed by atoms with Crippen LogP contribution in [-0.2, 0) is 0 Å². The number of hydrogen-bond acceptors (Lipinski definition) is 2. The van der Waals surface area contributed by atoms with Gasteiger partial charge in [-0.3, -0.25) is 4.79 Å². The number of hydrogen-bond donors (Lipinski definition) is 2. The summed E-state index contributed by atoms with van der Waals surface area (Å²) in [5.74, 6) is -2.25. The van der Waals surface area contributed by atoms with Crippen molar-refractivity contribution < 1.29 is 13.6 Å². The SMILES string of the molecule is O=C(NC1CC2CCC(C1)N2)c1ccc(F)c(F)c1. The molecule has 2 aliphatic heterocycles. The van der Waals surface area contributed by atoms with E-state index in [1.54, 1.807) is 0 Å². The van der Waals surface area contributed by atoms with Gasteiger partial charge in [-0.15, -0.1) is 0 Å². The normalized spacial score (nSPS) is 29.3. The molecule has 0 radical (unpaired) electrons. The Bertz CT molecular complexity index is 494. The van der Waals surface area contributed by atoms with Gasteiger partial charge in [0.15, 0.2) is 11.6 Å². The molecule has 5 heteroatoms. The Morgan fingerprint density at radius 2 is 1.84 bits per heavy atom. The highest BCUT2D eigenvalue weighted by atomic mass is 19.2. The number of amides is 1. The van der Waals surface area contributed by atoms with Crippen LogP contribution < -0.4 is 10.6 Å². The average Bonchev–Trinajstić information content (AvgIpc) is 2.72. The Kier molecular flexibility index (Phi) is 3.22. The summed E-state index contributed by atoms with van der Waals surface area (Å²) in [6.45, 7) is 0. The quantitative estimate of drug-likeness (QED) is 0.859. The molecule has 2 atom stereocenters. The topological polar surface area (TPSA) is 41.1 Å². The highest BCUT2D eigenvalue weighted by molar-refractivity contribution is 5.94. The Morgan fingerprint density at radius 1 is 1.16 bits per heavy atom. The third kappa shape index (κ3) is 2.61. The number of piperidine rings is 1. The summed E-state index contributed by atoms with van der Waals surface area (Å²) < 4.78 is 25.9. The van der Waals surface area contributed by atoms with Crippen LogP contribution in [0, 0.1) is 11.6 Å². The van der Waals surface area contributed by atoms with Crippen LogP contribution in [0.1, 0.15) is 36.0 Å². The first-order valence-corrected chi connectivity index (χ1v) is 6.64. The number of fused-ring (bicyclic) bond motifs is 2. The molecule has 0 saturated carbocycles. The van der Waals surface area contributed by atoms with Gasteiger partial charge in [-0.1, -0.05) is 0 Å². The molecule has 2 heterocycles. The van der Waals surface area contributed by atoms with E-state index in [9.17, 15) is 13.6 Å². The number of halogens is 2. The first-order valence-electron chi connectivity index (χ1n) is 6.64. The van der Waals surface area contributed by atoms with Gasteiger partial charge in [0.1, 0.15) is 0 Å². The summed E-state index contributed by atoms with van der Waals surface area (Å²) in [6, 6.07) is 4.32. The van der Waals surface area contributed by atoms with E-state index in [1.807, 2.05) is 0 Å². The Labute approximate surface area is 110 Å². The van der Waals surface area contributed by atoms with Gasteiger partial charge in [0.05, 0.1) is 0 Å². The van der Waals surface area contributed by atoms with Crippen molar-refractivity contribution in [2.24, 2.45) is 0 Å². The fourth-order valence-electron chi connectivity index (χ4n) is 3.08. The number of rotatable bonds is 2. The molecular formula is C14H16F2N2O. The molecule has 0 aliphatic carbocycles. The van der Waals surface area contributed by atoms with Crippen LogP contribution in [0.4, 0.5) is 8.78 Å². The van der Waals surface area contributed by atoms with E-state index in [2.05, 4.69) is 10.6 Å². The molecule has 1 aromatic rings. The second kappa shape index (κ2) is 4.89. The van der Waals surface area contributed by atoms with Gasteiger partial charge in [0.2, 0.25) is 0 Å². The molecule has 2 saturated heterocycles. The van der Waals surface area contributed by atoms with Crippen LogP contribution in [-0.4, -0.2) is 24.0 Å². The van der Waals surface area contributed by atoms with E-state index in [1.165, 1.54) is 6.07 Å². The lowest BCUT2D eigenvalue weighted by Crippen LogP contribution is -2.48. The molecule has 2 unspecified atom stereocenters. The standard InChI is InChI=1S/C14H16F2N2O/c15-12-4-1-8(5-13(12)16)14(19)18-11-6-9-2-3-10(7-11)17-9/h1,4-5,9-11,17H,2-3,6-7H2,(H,18,19). The molecule has 1 aromatic carbocycles. The minimum atomic E-state index is -0.988. The summed E-state index contributed by atoms with van der Waals surface area (Å²) in [7, 11) is 0. The largest absolute Gasteiger partial charge is 0.349 e. The van der Waals surface area contributed by atoms with Crippen molar-refractivity contribution in [3.8, 4) is 0 Å². The molecule has 3 rings (SSSR count). The fraction of sp³-hybridized carbons (Fsp3) is 0.500. The van der Waals surface area contributed by atoms with Gasteiger partial charge in [-0.05, 0) is 43.9 Å². The van der Waals surface area contributed by atoms with Crippen LogP contribution in [0.2, 0.25) is 0 Å². The molecule has 102 valence electrons. The van der Waals surface area contributed by atoms with Gasteiger partial charge in [-0.25, -0.2) is 8.78 Å². The second-order valence-electron chi connectivity index (χ2n) is 5.41. The van der Waals surface area contributed by atoms with Gasteiger partial charge < -0.3 is 10.6 Å². The zero-order valence-electron chi connectivity index (χ0n) is 10.5. The summed E-state index contributed by atoms with van der Waals surface area (Å²) in [5.41, 5.74) is 0.171. The van der Waals surface area contributed by atoms with E-state index in [0.717, 1.165) is 37.8 Å². The van der Waals surface area contributed by atoms with Crippen LogP contribution in [0.15, 0.2) is 18.2 Å². The molecule has 2 fully saturated rings. The van der Waals surface area contributed by atoms with Crippen molar-refractivity contribution in [2.75, 3.05) is 0 Å². The van der Waals surface area contributed by atoms with Crippen molar-refractivity contribution in [3.63, 3.8) is 0 Å². The maximum absolute atomic E-state index is 13.1. The van der Waals surface area contributed by atoms with Crippen molar-refractivity contribution in [3.05, 3.63) is 35.4 Å². The zero-order valence-corrected chi connectivity index (χ0v) is 10.5. The highest BCUT2D eigenvalue weighted by Crippen LogP contribution is 2.26. The molecule has 3 nitrogen and oxygen atoms in total. The summed E-state index contributed by atoms with van der Waals surface area (Å²) in [4.78, 5) is 12.0. The maximum Gasteiger partial charge on any atom is 0.251 e. The predicted molar refractivity (Wildman–Crippen MR) is 66.8 cm³/mol. The highest BCUT2D eigenvalue weighted by Gasteiger charge is 2.34. The number of carbonyl (C=O) groups excluding carboxylic acids is 1. The lowest BCUT2D eigenvalue weighted by molar-refractivity contribution is 0.0923. The van der Waals surface area contributed by atoms with Crippen LogP contribution in [0.25, 0.3) is 0 Å². The van der Waals surface area contributed by atoms with Crippen molar-refractivity contribution >= 4 is 5.91 Å². The fourth-order valence-corrected chi connectivity index (χ4v) is 3.08.